The van der Waals surface area contributed by atoms with Crippen molar-refractivity contribution in [2.24, 2.45) is 0 Å². The molecule has 1 aliphatic carbocycles. The molecule has 104 valence electrons. The standard InChI is InChI=1S/C14H19ClN2O2/c1-9-6-7-11(10(15)8-9)16-14(19)17-12-4-2-3-5-13(12)18/h6-8,12-13,18H,2-5H2,1H3,(H2,16,17,19). The minimum absolute atomic E-state index is 0.169. The van der Waals surface area contributed by atoms with E-state index in [9.17, 15) is 9.90 Å². The van der Waals surface area contributed by atoms with Crippen LogP contribution in [0.1, 0.15) is 31.2 Å². The fraction of sp³-hybridized carbons (Fsp3) is 0.500. The van der Waals surface area contributed by atoms with Gasteiger partial charge in [0, 0.05) is 0 Å². The topological polar surface area (TPSA) is 61.4 Å². The largest absolute Gasteiger partial charge is 0.391 e. The average molecular weight is 283 g/mol. The lowest BCUT2D eigenvalue weighted by molar-refractivity contribution is 0.0955. The summed E-state index contributed by atoms with van der Waals surface area (Å²) in [6.07, 6.45) is 3.16. The number of benzene rings is 1. The number of urea groups is 1. The second-order valence-electron chi connectivity index (χ2n) is 5.04. The Morgan fingerprint density at radius 3 is 2.79 bits per heavy atom. The van der Waals surface area contributed by atoms with Gasteiger partial charge in [-0.25, -0.2) is 4.79 Å². The fourth-order valence-electron chi connectivity index (χ4n) is 2.33. The normalized spacial score (nSPS) is 22.9. The molecule has 0 saturated heterocycles. The van der Waals surface area contributed by atoms with Gasteiger partial charge in [-0.2, -0.15) is 0 Å². The molecule has 2 rings (SSSR count). The maximum atomic E-state index is 11.9. The summed E-state index contributed by atoms with van der Waals surface area (Å²) < 4.78 is 0. The van der Waals surface area contributed by atoms with E-state index in [-0.39, 0.29) is 12.1 Å². The van der Waals surface area contributed by atoms with E-state index in [0.29, 0.717) is 10.7 Å². The van der Waals surface area contributed by atoms with E-state index in [0.717, 1.165) is 31.2 Å². The van der Waals surface area contributed by atoms with Crippen LogP contribution in [-0.2, 0) is 0 Å². The summed E-state index contributed by atoms with van der Waals surface area (Å²) in [6.45, 7) is 1.94. The summed E-state index contributed by atoms with van der Waals surface area (Å²) in [5, 5.41) is 15.8. The maximum absolute atomic E-state index is 11.9. The van der Waals surface area contributed by atoms with E-state index in [1.165, 1.54) is 0 Å². The van der Waals surface area contributed by atoms with Crippen LogP contribution >= 0.6 is 11.6 Å². The second kappa shape index (κ2) is 6.26. The lowest BCUT2D eigenvalue weighted by Gasteiger charge is -2.28. The molecular formula is C14H19ClN2O2. The molecule has 2 unspecified atom stereocenters. The number of carbonyl (C=O) groups is 1. The number of aryl methyl sites for hydroxylation is 1. The van der Waals surface area contributed by atoms with Crippen LogP contribution in [0.3, 0.4) is 0 Å². The number of hydrogen-bond acceptors (Lipinski definition) is 2. The first-order chi connectivity index (χ1) is 9.06. The number of rotatable bonds is 2. The van der Waals surface area contributed by atoms with Crippen molar-refractivity contribution in [1.29, 1.82) is 0 Å². The van der Waals surface area contributed by atoms with Gasteiger partial charge in [0.1, 0.15) is 0 Å². The van der Waals surface area contributed by atoms with Gasteiger partial charge in [-0.3, -0.25) is 0 Å². The number of halogens is 1. The Bertz CT molecular complexity index is 465. The smallest absolute Gasteiger partial charge is 0.319 e. The van der Waals surface area contributed by atoms with E-state index in [1.54, 1.807) is 12.1 Å². The van der Waals surface area contributed by atoms with Gasteiger partial charge >= 0.3 is 6.03 Å². The number of aliphatic hydroxyl groups is 1. The molecule has 1 aromatic rings. The van der Waals surface area contributed by atoms with Gasteiger partial charge < -0.3 is 15.7 Å². The van der Waals surface area contributed by atoms with Crippen molar-refractivity contribution in [3.05, 3.63) is 28.8 Å². The molecule has 19 heavy (non-hydrogen) atoms. The molecule has 5 heteroatoms. The van der Waals surface area contributed by atoms with Gasteiger partial charge in [0.2, 0.25) is 0 Å². The summed E-state index contributed by atoms with van der Waals surface area (Å²) in [4.78, 5) is 11.9. The van der Waals surface area contributed by atoms with Crippen LogP contribution in [0.2, 0.25) is 5.02 Å². The van der Waals surface area contributed by atoms with Crippen molar-refractivity contribution in [2.45, 2.75) is 44.8 Å². The molecule has 1 fully saturated rings. The number of amides is 2. The van der Waals surface area contributed by atoms with Gasteiger partial charge in [0.15, 0.2) is 0 Å². The highest BCUT2D eigenvalue weighted by Crippen LogP contribution is 2.23. The molecule has 4 nitrogen and oxygen atoms in total. The van der Waals surface area contributed by atoms with Crippen molar-refractivity contribution < 1.29 is 9.90 Å². The number of nitrogens with one attached hydrogen (secondary N) is 2. The Balaban J connectivity index is 1.93. The number of anilines is 1. The first-order valence-corrected chi connectivity index (χ1v) is 6.96. The fourth-order valence-corrected chi connectivity index (χ4v) is 2.61. The first-order valence-electron chi connectivity index (χ1n) is 6.58. The first kappa shape index (κ1) is 14.2. The summed E-state index contributed by atoms with van der Waals surface area (Å²) in [7, 11) is 0. The maximum Gasteiger partial charge on any atom is 0.319 e. The van der Waals surface area contributed by atoms with E-state index in [1.807, 2.05) is 13.0 Å². The van der Waals surface area contributed by atoms with Crippen LogP contribution in [0, 0.1) is 6.92 Å². The molecule has 0 heterocycles. The third-order valence-electron chi connectivity index (χ3n) is 3.42. The van der Waals surface area contributed by atoms with Gasteiger partial charge in [-0.1, -0.05) is 30.5 Å². The molecule has 2 amide bonds. The third-order valence-corrected chi connectivity index (χ3v) is 3.73. The zero-order valence-corrected chi connectivity index (χ0v) is 11.7. The minimum atomic E-state index is -0.451. The van der Waals surface area contributed by atoms with E-state index >= 15 is 0 Å². The molecule has 0 bridgehead atoms. The van der Waals surface area contributed by atoms with Gasteiger partial charge in [-0.05, 0) is 37.5 Å². The Hall–Kier alpha value is -1.26. The van der Waals surface area contributed by atoms with Crippen LogP contribution in [0.15, 0.2) is 18.2 Å². The molecule has 1 saturated carbocycles. The number of carbonyl (C=O) groups excluding carboxylic acids is 1. The van der Waals surface area contributed by atoms with E-state index in [2.05, 4.69) is 10.6 Å². The summed E-state index contributed by atoms with van der Waals surface area (Å²) in [6, 6.07) is 4.97. The van der Waals surface area contributed by atoms with E-state index < -0.39 is 6.10 Å². The van der Waals surface area contributed by atoms with Crippen LogP contribution in [0.4, 0.5) is 10.5 Å². The Kier molecular flexibility index (Phi) is 4.66. The highest BCUT2D eigenvalue weighted by molar-refractivity contribution is 6.33. The third kappa shape index (κ3) is 3.85. The van der Waals surface area contributed by atoms with Gasteiger partial charge in [0.05, 0.1) is 22.9 Å². The molecule has 1 aromatic carbocycles. The minimum Gasteiger partial charge on any atom is -0.391 e. The molecule has 0 aromatic heterocycles. The molecule has 3 N–H and O–H groups in total. The molecule has 0 aliphatic heterocycles. The number of aliphatic hydroxyl groups excluding tert-OH is 1. The highest BCUT2D eigenvalue weighted by atomic mass is 35.5. The van der Waals surface area contributed by atoms with Crippen LogP contribution in [-0.4, -0.2) is 23.3 Å². The lowest BCUT2D eigenvalue weighted by Crippen LogP contribution is -2.46. The second-order valence-corrected chi connectivity index (χ2v) is 5.45. The van der Waals surface area contributed by atoms with Crippen molar-refractivity contribution in [3.63, 3.8) is 0 Å². The highest BCUT2D eigenvalue weighted by Gasteiger charge is 2.24. The van der Waals surface area contributed by atoms with Crippen molar-refractivity contribution in [1.82, 2.24) is 5.32 Å². The predicted molar refractivity (Wildman–Crippen MR) is 76.6 cm³/mol. The summed E-state index contributed by atoms with van der Waals surface area (Å²) in [5.41, 5.74) is 1.62. The molecule has 2 atom stereocenters. The van der Waals surface area contributed by atoms with Gasteiger partial charge in [-0.15, -0.1) is 0 Å². The molecular weight excluding hydrogens is 264 g/mol. The van der Waals surface area contributed by atoms with Crippen LogP contribution in [0.5, 0.6) is 0 Å². The summed E-state index contributed by atoms with van der Waals surface area (Å²) in [5.74, 6) is 0. The zero-order chi connectivity index (χ0) is 13.8. The monoisotopic (exact) mass is 282 g/mol. The van der Waals surface area contributed by atoms with Crippen molar-refractivity contribution >= 4 is 23.3 Å². The average Bonchev–Trinajstić information content (AvgIpc) is 2.36. The predicted octanol–water partition coefficient (Wildman–Crippen LogP) is 3.07. The Labute approximate surface area is 118 Å². The Morgan fingerprint density at radius 2 is 2.11 bits per heavy atom. The molecule has 0 radical (unpaired) electrons. The quantitative estimate of drug-likeness (QED) is 0.781. The van der Waals surface area contributed by atoms with Crippen molar-refractivity contribution in [2.75, 3.05) is 5.32 Å². The summed E-state index contributed by atoms with van der Waals surface area (Å²) >= 11 is 6.05. The Morgan fingerprint density at radius 1 is 1.37 bits per heavy atom. The number of hydrogen-bond donors (Lipinski definition) is 3. The molecule has 1 aliphatic rings. The zero-order valence-electron chi connectivity index (χ0n) is 10.9. The lowest BCUT2D eigenvalue weighted by atomic mass is 9.93. The van der Waals surface area contributed by atoms with Crippen molar-refractivity contribution in [3.8, 4) is 0 Å². The SMILES string of the molecule is Cc1ccc(NC(=O)NC2CCCCC2O)c(Cl)c1. The van der Waals surface area contributed by atoms with Crippen LogP contribution < -0.4 is 10.6 Å². The van der Waals surface area contributed by atoms with E-state index in [4.69, 9.17) is 11.6 Å². The van der Waals surface area contributed by atoms with Gasteiger partial charge in [0.25, 0.3) is 0 Å². The molecule has 0 spiro atoms. The van der Waals surface area contributed by atoms with Crippen LogP contribution in [0.25, 0.3) is 0 Å².